The number of carbonyl (C=O) groups is 3. The molecule has 1 saturated heterocycles. The van der Waals surface area contributed by atoms with Crippen molar-refractivity contribution in [1.29, 1.82) is 0 Å². The van der Waals surface area contributed by atoms with E-state index in [-0.39, 0.29) is 18.9 Å². The molecule has 2 aliphatic carbocycles. The van der Waals surface area contributed by atoms with Gasteiger partial charge in [-0.1, -0.05) is 13.0 Å². The van der Waals surface area contributed by atoms with Crippen LogP contribution >= 0.6 is 11.6 Å². The third kappa shape index (κ3) is 2.34. The number of hydrogen-bond donors (Lipinski definition) is 0. The van der Waals surface area contributed by atoms with Gasteiger partial charge in [-0.15, -0.1) is 11.6 Å². The van der Waals surface area contributed by atoms with E-state index in [9.17, 15) is 14.4 Å². The summed E-state index contributed by atoms with van der Waals surface area (Å²) in [5.74, 6) is -1.67. The number of ether oxygens (including phenoxy) is 4. The fourth-order valence-corrected chi connectivity index (χ4v) is 5.45. The summed E-state index contributed by atoms with van der Waals surface area (Å²) in [6.45, 7) is 6.74. The van der Waals surface area contributed by atoms with E-state index in [4.69, 9.17) is 30.5 Å². The van der Waals surface area contributed by atoms with Gasteiger partial charge in [0.15, 0.2) is 4.87 Å². The maximum absolute atomic E-state index is 12.9. The zero-order valence-electron chi connectivity index (χ0n) is 16.2. The van der Waals surface area contributed by atoms with Gasteiger partial charge in [0.25, 0.3) is 0 Å². The van der Waals surface area contributed by atoms with Gasteiger partial charge in [0.2, 0.25) is 6.29 Å². The van der Waals surface area contributed by atoms with Crippen LogP contribution in [0.2, 0.25) is 0 Å². The lowest BCUT2D eigenvalue weighted by atomic mass is 9.53. The van der Waals surface area contributed by atoms with Crippen molar-refractivity contribution in [3.63, 3.8) is 0 Å². The van der Waals surface area contributed by atoms with Crippen LogP contribution in [0.5, 0.6) is 0 Å². The van der Waals surface area contributed by atoms with E-state index in [2.05, 4.69) is 0 Å². The zero-order valence-corrected chi connectivity index (χ0v) is 16.9. The molecule has 1 aliphatic heterocycles. The summed E-state index contributed by atoms with van der Waals surface area (Å²) >= 11 is 6.93. The number of halogens is 1. The van der Waals surface area contributed by atoms with Gasteiger partial charge in [0.05, 0.1) is 30.7 Å². The highest BCUT2D eigenvalue weighted by Gasteiger charge is 2.79. The summed E-state index contributed by atoms with van der Waals surface area (Å²) in [7, 11) is 1.34. The van der Waals surface area contributed by atoms with E-state index in [1.807, 2.05) is 13.0 Å². The lowest BCUT2D eigenvalue weighted by Crippen LogP contribution is -2.63. The van der Waals surface area contributed by atoms with Crippen molar-refractivity contribution in [1.82, 2.24) is 0 Å². The monoisotopic (exact) mass is 400 g/mol. The Kier molecular flexibility index (Phi) is 4.84. The van der Waals surface area contributed by atoms with Gasteiger partial charge in [-0.2, -0.15) is 0 Å². The van der Waals surface area contributed by atoms with Gasteiger partial charge < -0.3 is 18.9 Å². The highest BCUT2D eigenvalue weighted by Crippen LogP contribution is 2.70. The summed E-state index contributed by atoms with van der Waals surface area (Å²) < 4.78 is 21.7. The van der Waals surface area contributed by atoms with Gasteiger partial charge in [0.1, 0.15) is 0 Å². The highest BCUT2D eigenvalue weighted by molar-refractivity contribution is 6.36. The standard InChI is InChI=1S/C19H25ClO7/c1-6-25-15(23)19(20)13-9-18(14(22)24-5)10(2)7-8-12(18)17(19,4)16(27-13)26-11(3)21/h8,10,13,16H,6-7,9H2,1-5H3/t10-,13-,16+,17-,18-,19-/m1/s1. The van der Waals surface area contributed by atoms with Crippen LogP contribution in [0.15, 0.2) is 11.6 Å². The number of methoxy groups -OCH3 is 1. The summed E-state index contributed by atoms with van der Waals surface area (Å²) in [6.07, 6.45) is 0.700. The second-order valence-electron chi connectivity index (χ2n) is 7.62. The maximum atomic E-state index is 12.9. The Labute approximate surface area is 163 Å². The largest absolute Gasteiger partial charge is 0.468 e. The summed E-state index contributed by atoms with van der Waals surface area (Å²) in [5, 5.41) is 0. The smallest absolute Gasteiger partial charge is 0.331 e. The average Bonchev–Trinajstić information content (AvgIpc) is 3.00. The number of esters is 3. The molecule has 0 aromatic carbocycles. The van der Waals surface area contributed by atoms with Gasteiger partial charge in [0, 0.05) is 6.92 Å². The van der Waals surface area contributed by atoms with Crippen molar-refractivity contribution < 1.29 is 33.3 Å². The van der Waals surface area contributed by atoms with Gasteiger partial charge in [-0.25, -0.2) is 0 Å². The van der Waals surface area contributed by atoms with Crippen LogP contribution in [0, 0.1) is 16.7 Å². The topological polar surface area (TPSA) is 88.1 Å². The quantitative estimate of drug-likeness (QED) is 0.310. The van der Waals surface area contributed by atoms with Crippen LogP contribution in [-0.4, -0.2) is 48.9 Å². The SMILES string of the molecule is CCOC(=O)[C@]1(Cl)[C@H]2C[C@]3(C(=O)OC)C(=CC[C@H]3C)[C@]1(C)[C@@H](OC(C)=O)O2. The molecule has 2 bridgehead atoms. The van der Waals surface area contributed by atoms with Crippen LogP contribution in [0.1, 0.15) is 40.5 Å². The van der Waals surface area contributed by atoms with Crippen LogP contribution < -0.4 is 0 Å². The Morgan fingerprint density at radius 1 is 1.33 bits per heavy atom. The summed E-state index contributed by atoms with van der Waals surface area (Å²) in [6, 6.07) is 0. The number of fused-ring (bicyclic) bond motifs is 4. The van der Waals surface area contributed by atoms with Crippen molar-refractivity contribution in [2.75, 3.05) is 13.7 Å². The third-order valence-corrected chi connectivity index (χ3v) is 7.21. The number of carbonyl (C=O) groups excluding carboxylic acids is 3. The van der Waals surface area contributed by atoms with Crippen molar-refractivity contribution in [3.8, 4) is 0 Å². The third-order valence-electron chi connectivity index (χ3n) is 6.42. The predicted octanol–water partition coefficient (Wildman–Crippen LogP) is 2.35. The molecule has 8 heteroatoms. The Morgan fingerprint density at radius 2 is 2.00 bits per heavy atom. The molecule has 0 unspecified atom stereocenters. The number of rotatable bonds is 4. The molecule has 3 aliphatic rings. The fourth-order valence-electron chi connectivity index (χ4n) is 5.07. The van der Waals surface area contributed by atoms with Gasteiger partial charge >= 0.3 is 17.9 Å². The fraction of sp³-hybridized carbons (Fsp3) is 0.737. The Morgan fingerprint density at radius 3 is 2.56 bits per heavy atom. The van der Waals surface area contributed by atoms with E-state index >= 15 is 0 Å². The molecule has 150 valence electrons. The maximum Gasteiger partial charge on any atom is 0.331 e. The zero-order chi connectivity index (χ0) is 20.2. The summed E-state index contributed by atoms with van der Waals surface area (Å²) in [4.78, 5) is 35.9. The normalized spacial score (nSPS) is 42.1. The Bertz CT molecular complexity index is 719. The molecule has 7 nitrogen and oxygen atoms in total. The van der Waals surface area contributed by atoms with Crippen LogP contribution in [0.25, 0.3) is 0 Å². The average molecular weight is 401 g/mol. The minimum atomic E-state index is -1.61. The second-order valence-corrected chi connectivity index (χ2v) is 8.22. The van der Waals surface area contributed by atoms with Crippen molar-refractivity contribution in [2.45, 2.75) is 57.8 Å². The molecular weight excluding hydrogens is 376 g/mol. The lowest BCUT2D eigenvalue weighted by molar-refractivity contribution is -0.183. The molecule has 0 radical (unpaired) electrons. The molecule has 6 atom stereocenters. The van der Waals surface area contributed by atoms with E-state index in [1.54, 1.807) is 13.8 Å². The molecular formula is C19H25ClO7. The molecule has 0 amide bonds. The Hall–Kier alpha value is -1.60. The molecule has 0 N–H and O–H groups in total. The second kappa shape index (κ2) is 6.48. The highest BCUT2D eigenvalue weighted by atomic mass is 35.5. The summed E-state index contributed by atoms with van der Waals surface area (Å²) in [5.41, 5.74) is -1.63. The van der Waals surface area contributed by atoms with Gasteiger partial charge in [-0.05, 0) is 38.2 Å². The first-order valence-corrected chi connectivity index (χ1v) is 9.46. The van der Waals surface area contributed by atoms with E-state index < -0.39 is 46.0 Å². The molecule has 1 saturated carbocycles. The van der Waals surface area contributed by atoms with E-state index in [0.717, 1.165) is 0 Å². The molecule has 2 fully saturated rings. The van der Waals surface area contributed by atoms with E-state index in [1.165, 1.54) is 14.0 Å². The minimum Gasteiger partial charge on any atom is -0.468 e. The van der Waals surface area contributed by atoms with Crippen molar-refractivity contribution >= 4 is 29.5 Å². The number of allylic oxidation sites excluding steroid dienone is 1. The van der Waals surface area contributed by atoms with Crippen molar-refractivity contribution in [2.24, 2.45) is 16.7 Å². The molecule has 0 spiro atoms. The number of alkyl halides is 1. The predicted molar refractivity (Wildman–Crippen MR) is 94.7 cm³/mol. The Balaban J connectivity index is 2.21. The molecule has 3 rings (SSSR count). The molecule has 0 aromatic heterocycles. The first-order valence-electron chi connectivity index (χ1n) is 9.09. The van der Waals surface area contributed by atoms with Crippen molar-refractivity contribution in [3.05, 3.63) is 11.6 Å². The van der Waals surface area contributed by atoms with Crippen LogP contribution in [0.3, 0.4) is 0 Å². The molecule has 0 aromatic rings. The number of hydrogen-bond acceptors (Lipinski definition) is 7. The lowest BCUT2D eigenvalue weighted by Gasteiger charge is -2.51. The first kappa shape index (κ1) is 20.1. The molecule has 1 heterocycles. The molecule has 27 heavy (non-hydrogen) atoms. The first-order chi connectivity index (χ1) is 12.6. The van der Waals surface area contributed by atoms with Crippen LogP contribution in [-0.2, 0) is 33.3 Å². The van der Waals surface area contributed by atoms with Gasteiger partial charge in [-0.3, -0.25) is 14.4 Å². The van der Waals surface area contributed by atoms with E-state index in [0.29, 0.717) is 12.0 Å². The van der Waals surface area contributed by atoms with Crippen LogP contribution in [0.4, 0.5) is 0 Å². The minimum absolute atomic E-state index is 0.0649.